The number of benzene rings is 1. The average Bonchev–Trinajstić information content (AvgIpc) is 2.07. The number of aryl methyl sites for hydroxylation is 4. The van der Waals surface area contributed by atoms with E-state index < -0.39 is 0 Å². The normalized spacial score (nSPS) is 13.6. The molecule has 0 atom stereocenters. The van der Waals surface area contributed by atoms with Crippen molar-refractivity contribution in [2.24, 2.45) is 0 Å². The molecule has 0 spiro atoms. The van der Waals surface area contributed by atoms with Crippen molar-refractivity contribution in [1.29, 1.82) is 0 Å². The molecule has 0 fully saturated rings. The Balaban J connectivity index is 0.000000845. The number of hydrogen-bond acceptors (Lipinski definition) is 0. The summed E-state index contributed by atoms with van der Waals surface area (Å²) in [6.07, 6.45) is 5.10. The average molecular weight is 440 g/mol. The summed E-state index contributed by atoms with van der Waals surface area (Å²) in [7, 11) is 0. The zero-order chi connectivity index (χ0) is 8.55. The van der Waals surface area contributed by atoms with Crippen molar-refractivity contribution < 1.29 is 82.6 Å². The van der Waals surface area contributed by atoms with Crippen LogP contribution >= 0.6 is 0 Å². The fourth-order valence-corrected chi connectivity index (χ4v) is 1.82. The molecule has 0 saturated heterocycles. The fraction of sp³-hybridized carbons (Fsp3) is 0.500. The molecular weight excluding hydrogens is 426 g/mol. The minimum absolute atomic E-state index is 0. The van der Waals surface area contributed by atoms with Gasteiger partial charge >= 0.3 is 0 Å². The summed E-state index contributed by atoms with van der Waals surface area (Å²) < 4.78 is 0. The van der Waals surface area contributed by atoms with Crippen molar-refractivity contribution in [3.63, 3.8) is 0 Å². The topological polar surface area (TPSA) is 0 Å². The van der Waals surface area contributed by atoms with E-state index in [4.69, 9.17) is 0 Å². The maximum absolute atomic E-state index is 3.46. The maximum Gasteiger partial charge on any atom is 0 e. The first-order chi connectivity index (χ1) is 5.77. The van der Waals surface area contributed by atoms with Crippen LogP contribution in [0.25, 0.3) is 0 Å². The van der Waals surface area contributed by atoms with E-state index in [-0.39, 0.29) is 82.6 Å². The van der Waals surface area contributed by atoms with E-state index in [1.807, 2.05) is 0 Å². The zero-order valence-corrected chi connectivity index (χ0v) is 16.4. The monoisotopic (exact) mass is 440 g/mol. The van der Waals surface area contributed by atoms with Crippen molar-refractivity contribution in [2.45, 2.75) is 39.5 Å². The summed E-state index contributed by atoms with van der Waals surface area (Å²) >= 11 is 0. The predicted octanol–water partition coefficient (Wildman–Crippen LogP) is 2.78. The van der Waals surface area contributed by atoms with Gasteiger partial charge in [-0.25, -0.2) is 0 Å². The fourth-order valence-electron chi connectivity index (χ4n) is 1.82. The molecule has 0 bridgehead atoms. The molecule has 2 heteroatoms. The van der Waals surface area contributed by atoms with Crippen LogP contribution in [0.1, 0.15) is 35.1 Å². The van der Waals surface area contributed by atoms with Gasteiger partial charge in [-0.05, 0) is 0 Å². The summed E-state index contributed by atoms with van der Waals surface area (Å²) in [4.78, 5) is 0. The molecule has 2 rings (SSSR count). The molecule has 70 valence electrons. The molecule has 1 aliphatic rings. The minimum Gasteiger partial charge on any atom is -0.312 e. The summed E-state index contributed by atoms with van der Waals surface area (Å²) in [6.45, 7) is 4.25. The van der Waals surface area contributed by atoms with Gasteiger partial charge in [-0.1, -0.05) is 25.7 Å². The summed E-state index contributed by atoms with van der Waals surface area (Å²) in [5.41, 5.74) is 5.39. The largest absolute Gasteiger partial charge is 0.312 e. The Morgan fingerprint density at radius 1 is 0.786 bits per heavy atom. The van der Waals surface area contributed by atoms with Gasteiger partial charge < -0.3 is 12.1 Å². The molecule has 0 amide bonds. The van der Waals surface area contributed by atoms with Crippen LogP contribution in [-0.4, -0.2) is 0 Å². The third-order valence-electron chi connectivity index (χ3n) is 2.71. The van der Waals surface area contributed by atoms with Crippen LogP contribution in [-0.2, 0) is 12.8 Å². The van der Waals surface area contributed by atoms with Crippen molar-refractivity contribution in [3.05, 3.63) is 34.4 Å². The van der Waals surface area contributed by atoms with Crippen LogP contribution < -0.4 is 0 Å². The second-order valence-electron chi connectivity index (χ2n) is 3.66. The second-order valence-corrected chi connectivity index (χ2v) is 3.66. The van der Waals surface area contributed by atoms with Crippen LogP contribution in [0.3, 0.4) is 0 Å². The first-order valence-electron chi connectivity index (χ1n) is 4.71. The van der Waals surface area contributed by atoms with Gasteiger partial charge in [-0.15, -0.1) is 13.8 Å². The van der Waals surface area contributed by atoms with Crippen LogP contribution in [0.2, 0.25) is 0 Å². The molecule has 1 aromatic rings. The van der Waals surface area contributed by atoms with E-state index in [0.717, 1.165) is 0 Å². The molecule has 0 heterocycles. The molecule has 1 aromatic carbocycles. The molecule has 1 aliphatic carbocycles. The van der Waals surface area contributed by atoms with Gasteiger partial charge in [0.1, 0.15) is 0 Å². The van der Waals surface area contributed by atoms with Crippen LogP contribution in [0.15, 0.2) is 0 Å². The Hall–Kier alpha value is 1.95. The Kier molecular flexibility index (Phi) is 8.32. The molecule has 0 N–H and O–H groups in total. The first-order valence-corrected chi connectivity index (χ1v) is 4.71. The molecule has 0 unspecified atom stereocenters. The Bertz CT molecular complexity index is 274. The van der Waals surface area contributed by atoms with Gasteiger partial charge in [0.05, 0.1) is 0 Å². The first kappa shape index (κ1) is 15.9. The summed E-state index contributed by atoms with van der Waals surface area (Å²) in [6, 6.07) is 6.93. The second kappa shape index (κ2) is 7.31. The van der Waals surface area contributed by atoms with Crippen molar-refractivity contribution in [1.82, 2.24) is 0 Å². The quantitative estimate of drug-likeness (QED) is 0.545. The van der Waals surface area contributed by atoms with Gasteiger partial charge in [0, 0.05) is 82.6 Å². The molecule has 0 aliphatic heterocycles. The summed E-state index contributed by atoms with van der Waals surface area (Å²) in [5, 5.41) is 0. The smallest absolute Gasteiger partial charge is 0 e. The van der Waals surface area contributed by atoms with Gasteiger partial charge in [0.2, 0.25) is 0 Å². The van der Waals surface area contributed by atoms with Crippen LogP contribution in [0.4, 0.5) is 0 Å². The Labute approximate surface area is 154 Å². The Morgan fingerprint density at radius 2 is 1.14 bits per heavy atom. The van der Waals surface area contributed by atoms with E-state index >= 15 is 0 Å². The SMILES string of the molecule is Cc1[c-]c2c([c-]c1C)CCCC2.[Pr].[Pr]. The minimum atomic E-state index is 0. The molecule has 14 heavy (non-hydrogen) atoms. The van der Waals surface area contributed by atoms with E-state index in [0.29, 0.717) is 0 Å². The molecule has 0 saturated carbocycles. The van der Waals surface area contributed by atoms with E-state index in [9.17, 15) is 0 Å². The van der Waals surface area contributed by atoms with Gasteiger partial charge in [-0.2, -0.15) is 0 Å². The predicted molar refractivity (Wildman–Crippen MR) is 50.2 cm³/mol. The molecule has 2 radical (unpaired) electrons. The van der Waals surface area contributed by atoms with Crippen molar-refractivity contribution >= 4 is 0 Å². The Morgan fingerprint density at radius 3 is 1.50 bits per heavy atom. The number of hydrogen-bond donors (Lipinski definition) is 0. The molecule has 0 aromatic heterocycles. The summed E-state index contributed by atoms with van der Waals surface area (Å²) in [5.74, 6) is 0. The molecular formula is C12H14Pr2-2. The van der Waals surface area contributed by atoms with E-state index in [1.165, 1.54) is 47.9 Å². The third kappa shape index (κ3) is 3.76. The number of fused-ring (bicyclic) bond motifs is 1. The maximum atomic E-state index is 3.46. The third-order valence-corrected chi connectivity index (χ3v) is 2.71. The van der Waals surface area contributed by atoms with Gasteiger partial charge in [0.25, 0.3) is 0 Å². The van der Waals surface area contributed by atoms with Gasteiger partial charge in [-0.3, -0.25) is 22.3 Å². The van der Waals surface area contributed by atoms with Crippen LogP contribution in [0.5, 0.6) is 0 Å². The van der Waals surface area contributed by atoms with Crippen molar-refractivity contribution in [2.75, 3.05) is 0 Å². The zero-order valence-electron chi connectivity index (χ0n) is 8.98. The van der Waals surface area contributed by atoms with E-state index in [1.54, 1.807) is 0 Å². The van der Waals surface area contributed by atoms with Gasteiger partial charge in [0.15, 0.2) is 0 Å². The van der Waals surface area contributed by atoms with E-state index in [2.05, 4.69) is 26.0 Å². The standard InChI is InChI=1S/C12H14.2Pr/c1-9-7-11-5-3-4-6-12(11)8-10(9)2;;/h3-6H2,1-2H3;;/q-2;;. The van der Waals surface area contributed by atoms with Crippen molar-refractivity contribution in [3.8, 4) is 0 Å². The number of rotatable bonds is 0. The molecule has 0 nitrogen and oxygen atoms in total. The van der Waals surface area contributed by atoms with Crippen LogP contribution in [0, 0.1) is 109 Å².